The van der Waals surface area contributed by atoms with Crippen LogP contribution in [0.2, 0.25) is 0 Å². The molecule has 6 heteroatoms. The number of nitrogens with zero attached hydrogens (tertiary/aromatic N) is 3. The summed E-state index contributed by atoms with van der Waals surface area (Å²) in [5.41, 5.74) is 2.29. The van der Waals surface area contributed by atoms with Gasteiger partial charge in [-0.3, -0.25) is 4.79 Å². The predicted molar refractivity (Wildman–Crippen MR) is 89.0 cm³/mol. The van der Waals surface area contributed by atoms with Gasteiger partial charge in [0.15, 0.2) is 0 Å². The molecule has 1 aromatic carbocycles. The number of carbonyl (C=O) groups is 1. The third kappa shape index (κ3) is 3.11. The van der Waals surface area contributed by atoms with Gasteiger partial charge in [0, 0.05) is 13.2 Å². The minimum atomic E-state index is -0.184. The van der Waals surface area contributed by atoms with Gasteiger partial charge in [-0.2, -0.15) is 0 Å². The predicted octanol–water partition coefficient (Wildman–Crippen LogP) is 2.81. The number of nitrogens with one attached hydrogen (secondary N) is 2. The molecule has 0 aliphatic carbocycles. The van der Waals surface area contributed by atoms with Crippen LogP contribution in [0.1, 0.15) is 42.6 Å². The highest BCUT2D eigenvalue weighted by Crippen LogP contribution is 2.24. The molecule has 2 aromatic heterocycles. The Balaban J connectivity index is 1.89. The van der Waals surface area contributed by atoms with Crippen LogP contribution in [0, 0.1) is 5.92 Å². The van der Waals surface area contributed by atoms with Gasteiger partial charge in [0.1, 0.15) is 11.5 Å². The number of aromatic amines is 1. The highest BCUT2D eigenvalue weighted by Gasteiger charge is 2.24. The Morgan fingerprint density at radius 1 is 1.39 bits per heavy atom. The number of carbonyl (C=O) groups excluding carboxylic acids is 1. The van der Waals surface area contributed by atoms with E-state index in [0.29, 0.717) is 5.69 Å². The van der Waals surface area contributed by atoms with Gasteiger partial charge in [-0.1, -0.05) is 32.4 Å². The number of aryl methyl sites for hydroxylation is 1. The number of H-pyrrole nitrogens is 1. The Bertz CT molecular complexity index is 786. The number of benzene rings is 1. The highest BCUT2D eigenvalue weighted by molar-refractivity contribution is 5.92. The van der Waals surface area contributed by atoms with E-state index in [-0.39, 0.29) is 17.9 Å². The first-order valence-corrected chi connectivity index (χ1v) is 7.82. The van der Waals surface area contributed by atoms with E-state index in [1.807, 2.05) is 31.3 Å². The molecule has 2 N–H and O–H groups in total. The molecule has 3 rings (SSSR count). The maximum Gasteiger partial charge on any atom is 0.272 e. The number of hydrogen-bond acceptors (Lipinski definition) is 3. The fraction of sp³-hybridized carbons (Fsp3) is 0.353. The average Bonchev–Trinajstić information content (AvgIpc) is 3.17. The molecule has 0 aliphatic rings. The first-order chi connectivity index (χ1) is 11.1. The molecule has 2 heterocycles. The monoisotopic (exact) mass is 311 g/mol. The van der Waals surface area contributed by atoms with E-state index in [1.165, 1.54) is 0 Å². The molecule has 0 fully saturated rings. The van der Waals surface area contributed by atoms with E-state index in [4.69, 9.17) is 0 Å². The van der Waals surface area contributed by atoms with Crippen LogP contribution in [0.15, 0.2) is 36.8 Å². The van der Waals surface area contributed by atoms with Gasteiger partial charge in [0.05, 0.1) is 23.4 Å². The fourth-order valence-electron chi connectivity index (χ4n) is 2.58. The molecule has 120 valence electrons. The zero-order valence-corrected chi connectivity index (χ0v) is 13.6. The lowest BCUT2D eigenvalue weighted by molar-refractivity contribution is 0.0915. The van der Waals surface area contributed by atoms with E-state index in [2.05, 4.69) is 34.1 Å². The van der Waals surface area contributed by atoms with Crippen LogP contribution in [0.25, 0.3) is 11.0 Å². The van der Waals surface area contributed by atoms with Gasteiger partial charge >= 0.3 is 0 Å². The lowest BCUT2D eigenvalue weighted by Gasteiger charge is -2.22. The summed E-state index contributed by atoms with van der Waals surface area (Å²) in [6.07, 6.45) is 4.26. The van der Waals surface area contributed by atoms with Gasteiger partial charge in [-0.25, -0.2) is 9.97 Å². The molecule has 0 saturated carbocycles. The van der Waals surface area contributed by atoms with E-state index in [0.717, 1.165) is 23.3 Å². The number of aromatic nitrogens is 4. The molecule has 1 amide bonds. The van der Waals surface area contributed by atoms with Crippen molar-refractivity contribution in [2.24, 2.45) is 13.0 Å². The van der Waals surface area contributed by atoms with Crippen molar-refractivity contribution in [1.29, 1.82) is 0 Å². The number of imidazole rings is 2. The molecule has 6 nitrogen and oxygen atoms in total. The second-order valence-corrected chi connectivity index (χ2v) is 5.90. The van der Waals surface area contributed by atoms with Crippen molar-refractivity contribution in [2.75, 3.05) is 0 Å². The summed E-state index contributed by atoms with van der Waals surface area (Å²) in [4.78, 5) is 24.5. The summed E-state index contributed by atoms with van der Waals surface area (Å²) in [6, 6.07) is 7.69. The van der Waals surface area contributed by atoms with Crippen molar-refractivity contribution < 1.29 is 4.79 Å². The summed E-state index contributed by atoms with van der Waals surface area (Å²) < 4.78 is 1.76. The Morgan fingerprint density at radius 3 is 2.83 bits per heavy atom. The molecule has 3 aromatic rings. The average molecular weight is 311 g/mol. The van der Waals surface area contributed by atoms with Gasteiger partial charge in [-0.15, -0.1) is 0 Å². The Morgan fingerprint density at radius 2 is 2.17 bits per heavy atom. The first-order valence-electron chi connectivity index (χ1n) is 7.82. The minimum absolute atomic E-state index is 0.179. The van der Waals surface area contributed by atoms with Crippen LogP contribution in [0.4, 0.5) is 0 Å². The third-order valence-corrected chi connectivity index (χ3v) is 4.14. The molecular weight excluding hydrogens is 290 g/mol. The van der Waals surface area contributed by atoms with Crippen LogP contribution in [-0.4, -0.2) is 25.4 Å². The van der Waals surface area contributed by atoms with Crippen LogP contribution in [0.5, 0.6) is 0 Å². The minimum Gasteiger partial charge on any atom is -0.340 e. The van der Waals surface area contributed by atoms with Gasteiger partial charge in [0.25, 0.3) is 5.91 Å². The van der Waals surface area contributed by atoms with Crippen molar-refractivity contribution in [2.45, 2.75) is 26.3 Å². The number of rotatable bonds is 5. The summed E-state index contributed by atoms with van der Waals surface area (Å²) >= 11 is 0. The van der Waals surface area contributed by atoms with E-state index < -0.39 is 0 Å². The zero-order valence-electron chi connectivity index (χ0n) is 13.6. The van der Waals surface area contributed by atoms with Crippen LogP contribution < -0.4 is 5.32 Å². The van der Waals surface area contributed by atoms with Crippen molar-refractivity contribution in [1.82, 2.24) is 24.8 Å². The van der Waals surface area contributed by atoms with Gasteiger partial charge in [0.2, 0.25) is 0 Å². The quantitative estimate of drug-likeness (QED) is 0.761. The van der Waals surface area contributed by atoms with Crippen LogP contribution >= 0.6 is 0 Å². The number of fused-ring (bicyclic) bond motifs is 1. The molecule has 0 aliphatic heterocycles. The van der Waals surface area contributed by atoms with E-state index >= 15 is 0 Å². The molecule has 0 spiro atoms. The molecule has 0 bridgehead atoms. The molecule has 23 heavy (non-hydrogen) atoms. The van der Waals surface area contributed by atoms with Crippen molar-refractivity contribution in [3.8, 4) is 0 Å². The lowest BCUT2D eigenvalue weighted by atomic mass is 9.98. The maximum atomic E-state index is 12.4. The van der Waals surface area contributed by atoms with Crippen LogP contribution in [0.3, 0.4) is 0 Å². The topological polar surface area (TPSA) is 75.6 Å². The SMILES string of the molecule is CC[C@@H](C)[C@H](NC(=O)c1cn(C)cn1)c1nc2ccccc2[nH]1. The van der Waals surface area contributed by atoms with Crippen LogP contribution in [-0.2, 0) is 7.05 Å². The van der Waals surface area contributed by atoms with E-state index in [1.54, 1.807) is 17.1 Å². The molecule has 0 unspecified atom stereocenters. The fourth-order valence-corrected chi connectivity index (χ4v) is 2.58. The van der Waals surface area contributed by atoms with Gasteiger partial charge in [-0.05, 0) is 18.1 Å². The third-order valence-electron chi connectivity index (χ3n) is 4.14. The van der Waals surface area contributed by atoms with Crippen molar-refractivity contribution in [3.63, 3.8) is 0 Å². The lowest BCUT2D eigenvalue weighted by Crippen LogP contribution is -2.33. The Kier molecular flexibility index (Phi) is 4.14. The summed E-state index contributed by atoms with van der Waals surface area (Å²) in [5, 5.41) is 3.07. The first kappa shape index (κ1) is 15.3. The normalized spacial score (nSPS) is 13.9. The molecule has 2 atom stereocenters. The largest absolute Gasteiger partial charge is 0.340 e. The van der Waals surface area contributed by atoms with Gasteiger partial charge < -0.3 is 14.9 Å². The number of hydrogen-bond donors (Lipinski definition) is 2. The number of para-hydroxylation sites is 2. The summed E-state index contributed by atoms with van der Waals surface area (Å²) in [7, 11) is 1.84. The second kappa shape index (κ2) is 6.24. The molecule has 0 saturated heterocycles. The summed E-state index contributed by atoms with van der Waals surface area (Å²) in [6.45, 7) is 4.21. The Labute approximate surface area is 135 Å². The maximum absolute atomic E-state index is 12.4. The second-order valence-electron chi connectivity index (χ2n) is 5.90. The van der Waals surface area contributed by atoms with Crippen molar-refractivity contribution in [3.05, 3.63) is 48.3 Å². The molecular formula is C17H21N5O. The molecule has 0 radical (unpaired) electrons. The standard InChI is InChI=1S/C17H21N5O/c1-4-11(2)15(21-17(23)14-9-22(3)10-18-14)16-19-12-7-5-6-8-13(12)20-16/h5-11,15H,4H2,1-3H3,(H,19,20)(H,21,23)/t11-,15+/m1/s1. The Hall–Kier alpha value is -2.63. The highest BCUT2D eigenvalue weighted by atomic mass is 16.2. The zero-order chi connectivity index (χ0) is 16.4. The number of amides is 1. The smallest absolute Gasteiger partial charge is 0.272 e. The summed E-state index contributed by atoms with van der Waals surface area (Å²) in [5.74, 6) is 0.851. The van der Waals surface area contributed by atoms with E-state index in [9.17, 15) is 4.79 Å². The van der Waals surface area contributed by atoms with Crippen molar-refractivity contribution >= 4 is 16.9 Å².